The van der Waals surface area contributed by atoms with E-state index in [2.05, 4.69) is 10.6 Å². The summed E-state index contributed by atoms with van der Waals surface area (Å²) in [6, 6.07) is 24.2. The van der Waals surface area contributed by atoms with Crippen LogP contribution in [0, 0.1) is 0 Å². The zero-order valence-electron chi connectivity index (χ0n) is 16.6. The van der Waals surface area contributed by atoms with Crippen LogP contribution >= 0.6 is 11.6 Å². The molecule has 0 saturated heterocycles. The number of hydrogen-bond acceptors (Lipinski definition) is 3. The molecule has 30 heavy (non-hydrogen) atoms. The van der Waals surface area contributed by atoms with Gasteiger partial charge in [0, 0.05) is 23.7 Å². The summed E-state index contributed by atoms with van der Waals surface area (Å²) in [5.41, 5.74) is 2.72. The largest absolute Gasteiger partial charge is 0.481 e. The van der Waals surface area contributed by atoms with Crippen LogP contribution in [0.1, 0.15) is 17.3 Å². The van der Waals surface area contributed by atoms with Gasteiger partial charge >= 0.3 is 0 Å². The van der Waals surface area contributed by atoms with Crippen LogP contribution in [0.15, 0.2) is 78.9 Å². The quantitative estimate of drug-likeness (QED) is 0.531. The molecule has 0 aliphatic carbocycles. The molecule has 0 radical (unpaired) electrons. The van der Waals surface area contributed by atoms with Crippen molar-refractivity contribution in [2.24, 2.45) is 0 Å². The van der Waals surface area contributed by atoms with Crippen LogP contribution in [0.3, 0.4) is 0 Å². The van der Waals surface area contributed by atoms with Gasteiger partial charge in [-0.25, -0.2) is 0 Å². The zero-order valence-corrected chi connectivity index (χ0v) is 17.4. The minimum Gasteiger partial charge on any atom is -0.481 e. The number of amides is 2. The standard InChI is InChI=1S/C24H23ClN2O3/c1-17(30-22-13-11-21(25)12-14-22)23(28)26-15-16-27-24(29)20-9-7-19(8-10-20)18-5-3-2-4-6-18/h2-14,17H,15-16H2,1H3,(H,26,28)(H,27,29). The van der Waals surface area contributed by atoms with Crippen molar-refractivity contribution in [2.75, 3.05) is 13.1 Å². The van der Waals surface area contributed by atoms with Gasteiger partial charge in [0.05, 0.1) is 0 Å². The van der Waals surface area contributed by atoms with Crippen molar-refractivity contribution in [1.29, 1.82) is 0 Å². The predicted octanol–water partition coefficient (Wildman–Crippen LogP) is 4.32. The number of hydrogen-bond donors (Lipinski definition) is 2. The number of ether oxygens (including phenoxy) is 1. The van der Waals surface area contributed by atoms with E-state index < -0.39 is 6.10 Å². The molecular formula is C24H23ClN2O3. The minimum atomic E-state index is -0.660. The number of rotatable bonds is 8. The average molecular weight is 423 g/mol. The summed E-state index contributed by atoms with van der Waals surface area (Å²) in [6.45, 7) is 2.29. The molecule has 1 unspecified atom stereocenters. The van der Waals surface area contributed by atoms with Gasteiger partial charge in [-0.1, -0.05) is 54.1 Å². The first-order valence-electron chi connectivity index (χ1n) is 9.66. The van der Waals surface area contributed by atoms with Crippen molar-refractivity contribution in [3.63, 3.8) is 0 Å². The Labute approximate surface area is 181 Å². The molecule has 3 aromatic rings. The second-order valence-corrected chi connectivity index (χ2v) is 7.14. The van der Waals surface area contributed by atoms with E-state index in [1.807, 2.05) is 42.5 Å². The Bertz CT molecular complexity index is 974. The lowest BCUT2D eigenvalue weighted by Crippen LogP contribution is -2.40. The van der Waals surface area contributed by atoms with Crippen LogP contribution < -0.4 is 15.4 Å². The van der Waals surface area contributed by atoms with Crippen LogP contribution in [-0.2, 0) is 4.79 Å². The van der Waals surface area contributed by atoms with E-state index in [-0.39, 0.29) is 11.8 Å². The van der Waals surface area contributed by atoms with E-state index >= 15 is 0 Å². The summed E-state index contributed by atoms with van der Waals surface area (Å²) in [6.07, 6.45) is -0.660. The van der Waals surface area contributed by atoms with Crippen molar-refractivity contribution < 1.29 is 14.3 Å². The van der Waals surface area contributed by atoms with E-state index in [4.69, 9.17) is 16.3 Å². The molecule has 0 fully saturated rings. The monoisotopic (exact) mass is 422 g/mol. The lowest BCUT2D eigenvalue weighted by molar-refractivity contribution is -0.127. The van der Waals surface area contributed by atoms with Gasteiger partial charge < -0.3 is 15.4 Å². The lowest BCUT2D eigenvalue weighted by atomic mass is 10.0. The number of carbonyl (C=O) groups is 2. The minimum absolute atomic E-state index is 0.186. The Balaban J connectivity index is 1.40. The fourth-order valence-corrected chi connectivity index (χ4v) is 2.95. The third-order valence-electron chi connectivity index (χ3n) is 4.46. The fourth-order valence-electron chi connectivity index (χ4n) is 2.82. The van der Waals surface area contributed by atoms with Crippen LogP contribution in [0.2, 0.25) is 5.02 Å². The fraction of sp³-hybridized carbons (Fsp3) is 0.167. The van der Waals surface area contributed by atoms with Crippen molar-refractivity contribution in [1.82, 2.24) is 10.6 Å². The first kappa shape index (κ1) is 21.4. The van der Waals surface area contributed by atoms with Gasteiger partial charge in [0.15, 0.2) is 6.10 Å². The maximum atomic E-state index is 12.3. The molecule has 5 nitrogen and oxygen atoms in total. The van der Waals surface area contributed by atoms with Gasteiger partial charge in [0.1, 0.15) is 5.75 Å². The van der Waals surface area contributed by atoms with Gasteiger partial charge in [0.25, 0.3) is 11.8 Å². The van der Waals surface area contributed by atoms with E-state index in [0.717, 1.165) is 11.1 Å². The highest BCUT2D eigenvalue weighted by Gasteiger charge is 2.14. The van der Waals surface area contributed by atoms with E-state index in [9.17, 15) is 9.59 Å². The summed E-state index contributed by atoms with van der Waals surface area (Å²) in [7, 11) is 0. The van der Waals surface area contributed by atoms with Crippen molar-refractivity contribution in [2.45, 2.75) is 13.0 Å². The van der Waals surface area contributed by atoms with Gasteiger partial charge in [0.2, 0.25) is 0 Å². The number of nitrogens with one attached hydrogen (secondary N) is 2. The zero-order chi connectivity index (χ0) is 21.3. The highest BCUT2D eigenvalue weighted by atomic mass is 35.5. The van der Waals surface area contributed by atoms with Gasteiger partial charge in [-0.3, -0.25) is 9.59 Å². The Hall–Kier alpha value is -3.31. The summed E-state index contributed by atoms with van der Waals surface area (Å²) >= 11 is 5.83. The highest BCUT2D eigenvalue weighted by Crippen LogP contribution is 2.19. The number of carbonyl (C=O) groups excluding carboxylic acids is 2. The first-order valence-corrected chi connectivity index (χ1v) is 10.0. The van der Waals surface area contributed by atoms with Crippen molar-refractivity contribution in [3.8, 4) is 16.9 Å². The van der Waals surface area contributed by atoms with Crippen molar-refractivity contribution in [3.05, 3.63) is 89.4 Å². The van der Waals surface area contributed by atoms with Crippen LogP contribution in [0.5, 0.6) is 5.75 Å². The molecular weight excluding hydrogens is 400 g/mol. The summed E-state index contributed by atoms with van der Waals surface area (Å²) in [4.78, 5) is 24.4. The van der Waals surface area contributed by atoms with Gasteiger partial charge in [-0.05, 0) is 54.4 Å². The molecule has 2 N–H and O–H groups in total. The molecule has 0 aromatic heterocycles. The van der Waals surface area contributed by atoms with E-state index in [1.54, 1.807) is 43.3 Å². The second kappa shape index (κ2) is 10.5. The van der Waals surface area contributed by atoms with Crippen LogP contribution in [-0.4, -0.2) is 31.0 Å². The SMILES string of the molecule is CC(Oc1ccc(Cl)cc1)C(=O)NCCNC(=O)c1ccc(-c2ccccc2)cc1. The van der Waals surface area contributed by atoms with Gasteiger partial charge in [-0.15, -0.1) is 0 Å². The van der Waals surface area contributed by atoms with Crippen molar-refractivity contribution >= 4 is 23.4 Å². The van der Waals surface area contributed by atoms with Crippen LogP contribution in [0.4, 0.5) is 0 Å². The molecule has 1 atom stereocenters. The van der Waals surface area contributed by atoms with Gasteiger partial charge in [-0.2, -0.15) is 0 Å². The second-order valence-electron chi connectivity index (χ2n) is 6.70. The Morgan fingerprint density at radius 2 is 1.43 bits per heavy atom. The summed E-state index contributed by atoms with van der Waals surface area (Å²) in [5, 5.41) is 6.15. The van der Waals surface area contributed by atoms with E-state index in [1.165, 1.54) is 0 Å². The third kappa shape index (κ3) is 6.09. The molecule has 3 aromatic carbocycles. The lowest BCUT2D eigenvalue weighted by Gasteiger charge is -2.15. The molecule has 6 heteroatoms. The molecule has 0 bridgehead atoms. The smallest absolute Gasteiger partial charge is 0.260 e. The first-order chi connectivity index (χ1) is 14.5. The summed E-state index contributed by atoms with van der Waals surface area (Å²) in [5.74, 6) is 0.120. The molecule has 0 aliphatic rings. The Morgan fingerprint density at radius 3 is 2.10 bits per heavy atom. The van der Waals surface area contributed by atoms with Crippen LogP contribution in [0.25, 0.3) is 11.1 Å². The maximum absolute atomic E-state index is 12.3. The maximum Gasteiger partial charge on any atom is 0.260 e. The normalized spacial score (nSPS) is 11.4. The molecule has 2 amide bonds. The Morgan fingerprint density at radius 1 is 0.833 bits per heavy atom. The number of benzene rings is 3. The molecule has 154 valence electrons. The molecule has 3 rings (SSSR count). The topological polar surface area (TPSA) is 67.4 Å². The highest BCUT2D eigenvalue weighted by molar-refractivity contribution is 6.30. The number of halogens is 1. The third-order valence-corrected chi connectivity index (χ3v) is 4.71. The molecule has 0 saturated carbocycles. The molecule has 0 aliphatic heterocycles. The average Bonchev–Trinajstić information content (AvgIpc) is 2.78. The van der Waals surface area contributed by atoms with E-state index in [0.29, 0.717) is 29.4 Å². The molecule has 0 spiro atoms. The predicted molar refractivity (Wildman–Crippen MR) is 119 cm³/mol. The Kier molecular flexibility index (Phi) is 7.46. The summed E-state index contributed by atoms with van der Waals surface area (Å²) < 4.78 is 5.57. The molecule has 0 heterocycles.